The van der Waals surface area contributed by atoms with Crippen LogP contribution in [-0.2, 0) is 0 Å². The third-order valence-corrected chi connectivity index (χ3v) is 11.4. The van der Waals surface area contributed by atoms with Crippen LogP contribution < -0.4 is 25.9 Å². The number of rotatable bonds is 3. The molecule has 0 saturated heterocycles. The summed E-state index contributed by atoms with van der Waals surface area (Å²) in [5, 5.41) is 11.4. The first kappa shape index (κ1) is 27.0. The number of anilines is 5. The first-order valence-electron chi connectivity index (χ1n) is 16.7. The second-order valence-electron chi connectivity index (χ2n) is 13.0. The summed E-state index contributed by atoms with van der Waals surface area (Å²) in [4.78, 5) is 2.43. The molecule has 0 fully saturated rings. The van der Waals surface area contributed by atoms with Crippen molar-refractivity contribution in [2.75, 3.05) is 10.2 Å². The molecule has 49 heavy (non-hydrogen) atoms. The molecule has 0 radical (unpaired) electrons. The molecule has 9 aromatic rings. The van der Waals surface area contributed by atoms with Gasteiger partial charge in [0.05, 0.1) is 17.1 Å². The Labute approximate surface area is 287 Å². The molecular formula is C44H27BN2OS. The quantitative estimate of drug-likeness (QED) is 0.194. The number of fused-ring (bicyclic) bond motifs is 9. The average Bonchev–Trinajstić information content (AvgIpc) is 3.52. The largest absolute Gasteiger partial charge is 0.453 e. The summed E-state index contributed by atoms with van der Waals surface area (Å²) in [6.45, 7) is 0. The van der Waals surface area contributed by atoms with Crippen LogP contribution in [0.5, 0.6) is 11.5 Å². The zero-order chi connectivity index (χ0) is 32.1. The lowest BCUT2D eigenvalue weighted by Crippen LogP contribution is -2.42. The van der Waals surface area contributed by atoms with Gasteiger partial charge in [0.25, 0.3) is 0 Å². The lowest BCUT2D eigenvalue weighted by atomic mass is 9.57. The van der Waals surface area contributed by atoms with E-state index < -0.39 is 0 Å². The number of nitrogens with one attached hydrogen (secondary N) is 1. The molecule has 228 valence electrons. The lowest BCUT2D eigenvalue weighted by molar-refractivity contribution is 0.477. The predicted molar refractivity (Wildman–Crippen MR) is 211 cm³/mol. The van der Waals surface area contributed by atoms with Gasteiger partial charge in [-0.1, -0.05) is 109 Å². The Kier molecular flexibility index (Phi) is 5.63. The molecule has 3 heterocycles. The van der Waals surface area contributed by atoms with Crippen molar-refractivity contribution in [3.63, 3.8) is 0 Å². The van der Waals surface area contributed by atoms with Crippen molar-refractivity contribution >= 4 is 99.7 Å². The fraction of sp³-hybridized carbons (Fsp3) is 0. The molecule has 8 aromatic carbocycles. The van der Waals surface area contributed by atoms with Crippen LogP contribution >= 0.6 is 11.3 Å². The summed E-state index contributed by atoms with van der Waals surface area (Å²) in [6, 6.07) is 54.9. The molecule has 2 aliphatic heterocycles. The first-order chi connectivity index (χ1) is 24.3. The van der Waals surface area contributed by atoms with Gasteiger partial charge >= 0.3 is 0 Å². The molecule has 3 nitrogen and oxygen atoms in total. The molecule has 1 aromatic heterocycles. The number of thiophene rings is 1. The third kappa shape index (κ3) is 3.97. The minimum Gasteiger partial charge on any atom is -0.453 e. The van der Waals surface area contributed by atoms with Gasteiger partial charge in [-0.25, -0.2) is 0 Å². The van der Waals surface area contributed by atoms with E-state index in [9.17, 15) is 0 Å². The zero-order valence-corrected chi connectivity index (χ0v) is 27.2. The Hall–Kier alpha value is -6.04. The molecule has 0 bridgehead atoms. The van der Waals surface area contributed by atoms with Crippen molar-refractivity contribution in [3.8, 4) is 22.6 Å². The molecule has 0 atom stereocenters. The van der Waals surface area contributed by atoms with E-state index in [2.05, 4.69) is 156 Å². The van der Waals surface area contributed by atoms with Crippen molar-refractivity contribution in [1.82, 2.24) is 0 Å². The van der Waals surface area contributed by atoms with Crippen molar-refractivity contribution in [2.45, 2.75) is 0 Å². The van der Waals surface area contributed by atoms with Gasteiger partial charge in [0.15, 0.2) is 18.8 Å². The summed E-state index contributed by atoms with van der Waals surface area (Å²) in [6.07, 6.45) is 0. The Balaban J connectivity index is 1.19. The monoisotopic (exact) mass is 642 g/mol. The maximum absolute atomic E-state index is 6.48. The summed E-state index contributed by atoms with van der Waals surface area (Å²) in [5.74, 6) is 1.78. The zero-order valence-electron chi connectivity index (χ0n) is 26.4. The van der Waals surface area contributed by atoms with Crippen LogP contribution in [0.1, 0.15) is 0 Å². The number of hydrogen-bond acceptors (Lipinski definition) is 4. The number of ether oxygens (including phenoxy) is 1. The van der Waals surface area contributed by atoms with Crippen LogP contribution in [0, 0.1) is 0 Å². The third-order valence-electron chi connectivity index (χ3n) is 10.2. The minimum atomic E-state index is 0.805. The van der Waals surface area contributed by atoms with Gasteiger partial charge < -0.3 is 15.0 Å². The summed E-state index contributed by atoms with van der Waals surface area (Å²) in [7, 11) is 0.805. The van der Waals surface area contributed by atoms with Crippen LogP contribution in [0.25, 0.3) is 52.8 Å². The highest BCUT2D eigenvalue weighted by Crippen LogP contribution is 2.52. The van der Waals surface area contributed by atoms with E-state index in [0.717, 1.165) is 41.5 Å². The summed E-state index contributed by atoms with van der Waals surface area (Å²) < 4.78 is 9.09. The molecule has 0 aliphatic carbocycles. The second kappa shape index (κ2) is 10.2. The second-order valence-corrected chi connectivity index (χ2v) is 14.0. The van der Waals surface area contributed by atoms with Gasteiger partial charge in [-0.15, -0.1) is 11.3 Å². The molecule has 0 saturated carbocycles. The van der Waals surface area contributed by atoms with E-state index >= 15 is 0 Å². The highest BCUT2D eigenvalue weighted by molar-refractivity contribution is 7.25. The van der Waals surface area contributed by atoms with Gasteiger partial charge in [-0.2, -0.15) is 0 Å². The fourth-order valence-electron chi connectivity index (χ4n) is 8.08. The standard InChI is InChI=1S/C44H27BN2OS/c1-4-13-30-26(10-1)20-22-32(43(30)46-28-21-23-40-33(25-28)31-14-5-8-19-39(31)49-40)41-29-12-3-2-11-27(29)24-36-42(41)45-34-15-9-18-38-44(34)47(36)35-16-6-7-17-37(35)48-38/h1-25,45-46H. The number of benzene rings is 8. The van der Waals surface area contributed by atoms with Gasteiger partial charge in [-0.05, 0) is 75.7 Å². The molecule has 11 rings (SSSR count). The van der Waals surface area contributed by atoms with Crippen LogP contribution in [0.2, 0.25) is 0 Å². The molecule has 1 N–H and O–H groups in total. The van der Waals surface area contributed by atoms with Gasteiger partial charge in [-0.3, -0.25) is 0 Å². The maximum atomic E-state index is 6.48. The topological polar surface area (TPSA) is 24.5 Å². The van der Waals surface area contributed by atoms with Crippen LogP contribution in [0.3, 0.4) is 0 Å². The maximum Gasteiger partial charge on any atom is 0.198 e. The van der Waals surface area contributed by atoms with Crippen molar-refractivity contribution in [1.29, 1.82) is 0 Å². The molecule has 0 spiro atoms. The van der Waals surface area contributed by atoms with E-state index in [-0.39, 0.29) is 0 Å². The molecule has 0 unspecified atom stereocenters. The summed E-state index contributed by atoms with van der Waals surface area (Å²) >= 11 is 1.85. The van der Waals surface area contributed by atoms with E-state index in [1.165, 1.54) is 69.5 Å². The van der Waals surface area contributed by atoms with Crippen molar-refractivity contribution in [3.05, 3.63) is 152 Å². The Morgan fingerprint density at radius 2 is 1.31 bits per heavy atom. The first-order valence-corrected chi connectivity index (χ1v) is 17.5. The highest BCUT2D eigenvalue weighted by Gasteiger charge is 2.35. The fourth-order valence-corrected chi connectivity index (χ4v) is 9.17. The SMILES string of the molecule is B1c2cccc3c2N(c2ccccc2O3)c2cc3ccccc3c(-c3ccc4ccccc4c3Nc3ccc4sc5ccccc5c4c3)c21. The van der Waals surface area contributed by atoms with E-state index in [4.69, 9.17) is 4.74 Å². The van der Waals surface area contributed by atoms with E-state index in [1.54, 1.807) is 0 Å². The Morgan fingerprint density at radius 3 is 2.24 bits per heavy atom. The minimum absolute atomic E-state index is 0.805. The van der Waals surface area contributed by atoms with E-state index in [0.29, 0.717) is 0 Å². The molecule has 5 heteroatoms. The van der Waals surface area contributed by atoms with Crippen molar-refractivity contribution in [2.24, 2.45) is 0 Å². The predicted octanol–water partition coefficient (Wildman–Crippen LogP) is 11.0. The summed E-state index contributed by atoms with van der Waals surface area (Å²) in [5.41, 5.74) is 10.7. The van der Waals surface area contributed by atoms with Crippen LogP contribution in [0.15, 0.2) is 152 Å². The van der Waals surface area contributed by atoms with Crippen LogP contribution in [-0.4, -0.2) is 7.28 Å². The van der Waals surface area contributed by atoms with Gasteiger partial charge in [0, 0.05) is 42.5 Å². The Morgan fingerprint density at radius 1 is 0.551 bits per heavy atom. The van der Waals surface area contributed by atoms with Crippen molar-refractivity contribution < 1.29 is 4.74 Å². The van der Waals surface area contributed by atoms with E-state index in [1.807, 2.05) is 17.4 Å². The smallest absolute Gasteiger partial charge is 0.198 e. The van der Waals surface area contributed by atoms with Gasteiger partial charge in [0.1, 0.15) is 0 Å². The van der Waals surface area contributed by atoms with Gasteiger partial charge in [0.2, 0.25) is 0 Å². The lowest BCUT2D eigenvalue weighted by Gasteiger charge is -2.39. The van der Waals surface area contributed by atoms with Crippen LogP contribution in [0.4, 0.5) is 28.4 Å². The molecule has 0 amide bonds. The molecule has 2 aliphatic rings. The number of para-hydroxylation sites is 3. The Bertz CT molecular complexity index is 2840. The molecular weight excluding hydrogens is 615 g/mol. The normalized spacial score (nSPS) is 12.8. The number of hydrogen-bond donors (Lipinski definition) is 1. The number of nitrogens with zero attached hydrogens (tertiary/aromatic N) is 1. The average molecular weight is 643 g/mol. The highest BCUT2D eigenvalue weighted by atomic mass is 32.1.